The Morgan fingerprint density at radius 1 is 0.559 bits per heavy atom. The van der Waals surface area contributed by atoms with Crippen molar-refractivity contribution in [1.82, 2.24) is 0 Å². The van der Waals surface area contributed by atoms with Crippen LogP contribution >= 0.6 is 15.6 Å². The maximum absolute atomic E-state index is 13.0. The van der Waals surface area contributed by atoms with E-state index >= 15 is 0 Å². The number of hydrogen-bond donors (Lipinski definition) is 7. The van der Waals surface area contributed by atoms with Crippen molar-refractivity contribution in [3.8, 4) is 0 Å². The molecule has 10 atom stereocenters. The van der Waals surface area contributed by atoms with E-state index in [1.165, 1.54) is 19.3 Å². The lowest BCUT2D eigenvalue weighted by Crippen LogP contribution is -2.64. The van der Waals surface area contributed by atoms with Gasteiger partial charge in [0, 0.05) is 12.8 Å². The van der Waals surface area contributed by atoms with Crippen LogP contribution in [0.1, 0.15) is 168 Å². The quantitative estimate of drug-likeness (QED) is 0.00993. The fourth-order valence-electron chi connectivity index (χ4n) is 7.55. The lowest BCUT2D eigenvalue weighted by atomic mass is 9.85. The van der Waals surface area contributed by atoms with Crippen LogP contribution in [0, 0.1) is 0 Å². The van der Waals surface area contributed by atoms with Gasteiger partial charge in [-0.2, -0.15) is 0 Å². The summed E-state index contributed by atoms with van der Waals surface area (Å²) < 4.78 is 55.2. The minimum absolute atomic E-state index is 0.0195. The molecule has 0 bridgehead atoms. The highest BCUT2D eigenvalue weighted by Gasteiger charge is 2.54. The van der Waals surface area contributed by atoms with Gasteiger partial charge in [0.25, 0.3) is 0 Å². The molecule has 1 aliphatic carbocycles. The number of aliphatic hydroxyl groups excluding tert-OH is 4. The monoisotopic (exact) mass is 1010 g/mol. The second-order valence-electron chi connectivity index (χ2n) is 17.5. The van der Waals surface area contributed by atoms with Crippen LogP contribution in [0.25, 0.3) is 0 Å². The zero-order valence-corrected chi connectivity index (χ0v) is 42.3. The smallest absolute Gasteiger partial charge is 0.462 e. The molecule has 1 aliphatic heterocycles. The lowest BCUT2D eigenvalue weighted by Gasteiger charge is -2.43. The third kappa shape index (κ3) is 29.8. The third-order valence-corrected chi connectivity index (χ3v) is 13.0. The number of phosphoric acid groups is 2. The molecule has 7 unspecified atom stereocenters. The maximum atomic E-state index is 13.0. The first-order chi connectivity index (χ1) is 32.6. The number of hydrogen-bond acceptors (Lipinski definition) is 14. The summed E-state index contributed by atoms with van der Waals surface area (Å²) >= 11 is 0. The molecule has 1 saturated heterocycles. The van der Waals surface area contributed by atoms with E-state index in [1.54, 1.807) is 0 Å². The predicted molar refractivity (Wildman–Crippen MR) is 259 cm³/mol. The summed E-state index contributed by atoms with van der Waals surface area (Å²) in [6.07, 6.45) is 29.1. The number of carbonyl (C=O) groups is 2. The number of rotatable bonds is 40. The van der Waals surface area contributed by atoms with Gasteiger partial charge < -0.3 is 49.3 Å². The van der Waals surface area contributed by atoms with Crippen LogP contribution < -0.4 is 0 Å². The third-order valence-electron chi connectivity index (χ3n) is 11.5. The Kier molecular flexibility index (Phi) is 33.2. The SMILES string of the molecule is CC/C=C\C/C=C\C/C=C\C/C=C\CCCCCCCCC(=O)O[C@H](COC(=O)CCCCCCC/C=C\CC1OC1CCCCC)COP(=O)(O)O[C@H]1C(O)C(O)C(O)[C@@H](OP(=O)(O)O)C1O. The second-order valence-corrected chi connectivity index (χ2v) is 20.1. The van der Waals surface area contributed by atoms with Gasteiger partial charge in [0.2, 0.25) is 0 Å². The van der Waals surface area contributed by atoms with Gasteiger partial charge in [0.1, 0.15) is 43.2 Å². The van der Waals surface area contributed by atoms with Gasteiger partial charge in [-0.05, 0) is 77.0 Å². The first-order valence-electron chi connectivity index (χ1n) is 25.0. The molecule has 2 fully saturated rings. The fraction of sp³-hybridized carbons (Fsp3) is 0.755. The molecule has 19 heteroatoms. The predicted octanol–water partition coefficient (Wildman–Crippen LogP) is 8.83. The number of carbonyl (C=O) groups excluding carboxylic acids is 2. The van der Waals surface area contributed by atoms with Crippen molar-refractivity contribution in [2.45, 2.75) is 223 Å². The van der Waals surface area contributed by atoms with Crippen LogP contribution in [-0.2, 0) is 46.5 Å². The van der Waals surface area contributed by atoms with E-state index in [0.29, 0.717) is 25.0 Å². The number of epoxide rings is 1. The van der Waals surface area contributed by atoms with Gasteiger partial charge in [0.15, 0.2) is 6.10 Å². The molecule has 2 rings (SSSR count). The first kappa shape index (κ1) is 61.8. The molecule has 17 nitrogen and oxygen atoms in total. The van der Waals surface area contributed by atoms with Crippen LogP contribution in [0.15, 0.2) is 60.8 Å². The van der Waals surface area contributed by atoms with Crippen LogP contribution in [-0.4, -0.2) is 115 Å². The molecule has 1 saturated carbocycles. The topological polar surface area (TPSA) is 269 Å². The van der Waals surface area contributed by atoms with Gasteiger partial charge in [-0.1, -0.05) is 139 Å². The number of ether oxygens (including phenoxy) is 3. The van der Waals surface area contributed by atoms with E-state index in [-0.39, 0.29) is 12.8 Å². The van der Waals surface area contributed by atoms with Gasteiger partial charge in [0.05, 0.1) is 18.8 Å². The molecule has 7 N–H and O–H groups in total. The van der Waals surface area contributed by atoms with Crippen molar-refractivity contribution < 1.29 is 81.6 Å². The summed E-state index contributed by atoms with van der Waals surface area (Å²) in [6.45, 7) is 2.94. The van der Waals surface area contributed by atoms with Crippen molar-refractivity contribution in [3.05, 3.63) is 60.8 Å². The number of phosphoric ester groups is 2. The Morgan fingerprint density at radius 2 is 1.07 bits per heavy atom. The number of unbranched alkanes of at least 4 members (excludes halogenated alkanes) is 13. The van der Waals surface area contributed by atoms with Gasteiger partial charge >= 0.3 is 27.6 Å². The lowest BCUT2D eigenvalue weighted by molar-refractivity contribution is -0.216. The summed E-state index contributed by atoms with van der Waals surface area (Å²) in [5.41, 5.74) is 0. The summed E-state index contributed by atoms with van der Waals surface area (Å²) in [5.74, 6) is -1.25. The van der Waals surface area contributed by atoms with E-state index < -0.39 is 83.5 Å². The summed E-state index contributed by atoms with van der Waals surface area (Å²) in [4.78, 5) is 54.4. The van der Waals surface area contributed by atoms with Crippen molar-refractivity contribution >= 4 is 27.6 Å². The first-order valence-corrected chi connectivity index (χ1v) is 28.0. The van der Waals surface area contributed by atoms with Crippen molar-refractivity contribution in [2.75, 3.05) is 13.2 Å². The molecule has 0 aromatic heterocycles. The molecular formula is C49H84O17P2. The van der Waals surface area contributed by atoms with Crippen LogP contribution in [0.3, 0.4) is 0 Å². The Morgan fingerprint density at radius 3 is 1.65 bits per heavy atom. The van der Waals surface area contributed by atoms with Gasteiger partial charge in [-0.15, -0.1) is 0 Å². The largest absolute Gasteiger partial charge is 0.472 e. The average molecular weight is 1010 g/mol. The molecule has 2 aliphatic rings. The Labute approximate surface area is 404 Å². The molecular weight excluding hydrogens is 922 g/mol. The number of esters is 2. The number of aliphatic hydroxyl groups is 4. The maximum Gasteiger partial charge on any atom is 0.472 e. The highest BCUT2D eigenvalue weighted by Crippen LogP contribution is 2.49. The Balaban J connectivity index is 1.78. The second kappa shape index (κ2) is 36.6. The summed E-state index contributed by atoms with van der Waals surface area (Å²) in [5, 5.41) is 41.3. The van der Waals surface area contributed by atoms with E-state index in [1.807, 2.05) is 0 Å². The molecule has 0 spiro atoms. The minimum atomic E-state index is -5.37. The molecule has 1 heterocycles. The molecule has 68 heavy (non-hydrogen) atoms. The van der Waals surface area contributed by atoms with Crippen LogP contribution in [0.4, 0.5) is 0 Å². The summed E-state index contributed by atoms with van der Waals surface area (Å²) in [7, 11) is -10.7. The van der Waals surface area contributed by atoms with Crippen molar-refractivity contribution in [3.63, 3.8) is 0 Å². The van der Waals surface area contributed by atoms with Gasteiger partial charge in [-0.25, -0.2) is 9.13 Å². The fourth-order valence-corrected chi connectivity index (χ4v) is 9.09. The van der Waals surface area contributed by atoms with Crippen LogP contribution in [0.5, 0.6) is 0 Å². The molecule has 0 amide bonds. The molecule has 392 valence electrons. The van der Waals surface area contributed by atoms with Crippen molar-refractivity contribution in [2.24, 2.45) is 0 Å². The molecule has 0 aromatic rings. The van der Waals surface area contributed by atoms with Gasteiger partial charge in [-0.3, -0.25) is 23.2 Å². The minimum Gasteiger partial charge on any atom is -0.462 e. The van der Waals surface area contributed by atoms with Crippen molar-refractivity contribution in [1.29, 1.82) is 0 Å². The van der Waals surface area contributed by atoms with E-state index in [0.717, 1.165) is 109 Å². The van der Waals surface area contributed by atoms with E-state index in [2.05, 4.69) is 79.1 Å². The molecule has 0 aromatic carbocycles. The zero-order valence-electron chi connectivity index (χ0n) is 40.5. The normalized spacial score (nSPS) is 24.7. The highest BCUT2D eigenvalue weighted by molar-refractivity contribution is 7.47. The van der Waals surface area contributed by atoms with E-state index in [4.69, 9.17) is 23.3 Å². The van der Waals surface area contributed by atoms with Crippen LogP contribution in [0.2, 0.25) is 0 Å². The standard InChI is InChI=1S/C49H84O17P2/c1-3-5-7-8-9-10-11-12-13-14-15-16-17-18-19-20-25-28-32-36-43(51)63-39(38-62-68(59,60)66-49-46(54)44(52)45(53)48(47(49)55)65-67(56,57)58)37-61-42(50)35-31-27-24-22-21-23-26-30-34-41-40(64-41)33-29-6-4-2/h5,7,9-10,12-13,15-16,26,30,39-41,44-49,52-55H,3-4,6,8,11,14,17-25,27-29,31-38H2,1-2H3,(H,59,60)(H2,56,57,58)/b7-5-,10-9-,13-12-,16-15-,30-26-/t39-,40?,41?,44?,45?,46?,47?,48-,49+/m1/s1. The Hall–Kier alpha value is -2.34. The average Bonchev–Trinajstić information content (AvgIpc) is 4.05. The van der Waals surface area contributed by atoms with E-state index in [9.17, 15) is 53.8 Å². The highest BCUT2D eigenvalue weighted by atomic mass is 31.2. The molecule has 0 radical (unpaired) electrons. The zero-order chi connectivity index (χ0) is 50.0. The number of allylic oxidation sites excluding steroid dienone is 9. The summed E-state index contributed by atoms with van der Waals surface area (Å²) in [6, 6.07) is 0. The Bertz CT molecular complexity index is 1610.